The van der Waals surface area contributed by atoms with E-state index in [0.717, 1.165) is 18.4 Å². The van der Waals surface area contributed by atoms with Gasteiger partial charge in [0.25, 0.3) is 0 Å². The molecule has 0 bridgehead atoms. The van der Waals surface area contributed by atoms with Crippen LogP contribution in [-0.4, -0.2) is 26.2 Å². The van der Waals surface area contributed by atoms with Crippen molar-refractivity contribution in [3.8, 4) is 0 Å². The molecule has 9 heteroatoms. The van der Waals surface area contributed by atoms with Gasteiger partial charge in [-0.1, -0.05) is 6.07 Å². The number of nitrogens with two attached hydrogens (primary N) is 1. The highest BCUT2D eigenvalue weighted by atomic mass is 32.2. The number of hydrogen-bond donors (Lipinski definition) is 2. The Morgan fingerprint density at radius 3 is 2.26 bits per heavy atom. The summed E-state index contributed by atoms with van der Waals surface area (Å²) in [6.07, 6.45) is -4.03. The molecule has 0 aromatic heterocycles. The number of rotatable bonds is 3. The lowest BCUT2D eigenvalue weighted by molar-refractivity contribution is -0.139. The normalized spacial score (nSPS) is 14.0. The summed E-state index contributed by atoms with van der Waals surface area (Å²) in [4.78, 5) is 3.21. The van der Waals surface area contributed by atoms with Crippen LogP contribution in [0.3, 0.4) is 0 Å². The molecule has 0 aliphatic heterocycles. The van der Waals surface area contributed by atoms with Gasteiger partial charge in [-0.25, -0.2) is 13.4 Å². The maximum Gasteiger partial charge on any atom is 0.417 e. The van der Waals surface area contributed by atoms with Crippen molar-refractivity contribution in [2.45, 2.75) is 43.9 Å². The van der Waals surface area contributed by atoms with E-state index in [9.17, 15) is 21.6 Å². The van der Waals surface area contributed by atoms with Gasteiger partial charge in [-0.3, -0.25) is 0 Å². The maximum absolute atomic E-state index is 13.0. The molecule has 0 saturated carbocycles. The Balaban J connectivity index is 3.15. The van der Waals surface area contributed by atoms with Crippen LogP contribution in [0.1, 0.15) is 31.9 Å². The van der Waals surface area contributed by atoms with Crippen LogP contribution in [0.4, 0.5) is 13.2 Å². The van der Waals surface area contributed by atoms with Crippen molar-refractivity contribution >= 4 is 15.8 Å². The third-order valence-electron chi connectivity index (χ3n) is 2.68. The molecule has 0 spiro atoms. The smallest absolute Gasteiger partial charge is 0.370 e. The number of alkyl halides is 3. The number of benzene rings is 1. The van der Waals surface area contributed by atoms with Crippen molar-refractivity contribution in [3.63, 3.8) is 0 Å². The molecule has 1 aromatic carbocycles. The summed E-state index contributed by atoms with van der Waals surface area (Å²) in [5.74, 6) is 0.0956. The SMILES string of the molecule is CC(C)(C)NC(N)=NCc1ccc(S(C)(=O)=O)c(C(F)(F)F)c1. The minimum Gasteiger partial charge on any atom is -0.370 e. The number of nitrogens with zero attached hydrogens (tertiary/aromatic N) is 1. The van der Waals surface area contributed by atoms with Gasteiger partial charge in [0.1, 0.15) is 0 Å². The molecule has 1 rings (SSSR count). The van der Waals surface area contributed by atoms with Gasteiger partial charge in [-0.2, -0.15) is 13.2 Å². The fourth-order valence-corrected chi connectivity index (χ4v) is 2.71. The number of sulfone groups is 1. The molecule has 0 fully saturated rings. The van der Waals surface area contributed by atoms with Gasteiger partial charge in [0, 0.05) is 11.8 Å². The maximum atomic E-state index is 13.0. The second kappa shape index (κ2) is 6.38. The van der Waals surface area contributed by atoms with Gasteiger partial charge in [0.05, 0.1) is 17.0 Å². The average Bonchev–Trinajstić information content (AvgIpc) is 2.31. The number of nitrogens with one attached hydrogen (secondary N) is 1. The molecule has 0 radical (unpaired) electrons. The van der Waals surface area contributed by atoms with Crippen molar-refractivity contribution in [2.75, 3.05) is 6.26 Å². The second-order valence-corrected chi connectivity index (χ2v) is 8.16. The highest BCUT2D eigenvalue weighted by molar-refractivity contribution is 7.90. The van der Waals surface area contributed by atoms with Gasteiger partial charge in [-0.05, 0) is 38.5 Å². The molecule has 3 N–H and O–H groups in total. The van der Waals surface area contributed by atoms with Gasteiger partial charge >= 0.3 is 6.18 Å². The Morgan fingerprint density at radius 1 is 1.26 bits per heavy atom. The summed E-state index contributed by atoms with van der Waals surface area (Å²) in [6.45, 7) is 5.48. The quantitative estimate of drug-likeness (QED) is 0.646. The molecule has 0 aliphatic carbocycles. The van der Waals surface area contributed by atoms with Crippen LogP contribution >= 0.6 is 0 Å². The average molecular weight is 351 g/mol. The molecule has 0 atom stereocenters. The standard InChI is InChI=1S/C14H20F3N3O2S/c1-13(2,3)20-12(18)19-8-9-5-6-11(23(4,21)22)10(7-9)14(15,16)17/h5-7H,8H2,1-4H3,(H3,18,19,20). The lowest BCUT2D eigenvalue weighted by Crippen LogP contribution is -2.44. The molecule has 0 saturated heterocycles. The van der Waals surface area contributed by atoms with Crippen LogP contribution in [-0.2, 0) is 22.6 Å². The zero-order valence-electron chi connectivity index (χ0n) is 13.3. The van der Waals surface area contributed by atoms with Gasteiger partial charge < -0.3 is 11.1 Å². The van der Waals surface area contributed by atoms with E-state index in [2.05, 4.69) is 10.3 Å². The third kappa shape index (κ3) is 6.09. The lowest BCUT2D eigenvalue weighted by atomic mass is 10.1. The second-order valence-electron chi connectivity index (χ2n) is 6.18. The molecular formula is C14H20F3N3O2S. The summed E-state index contributed by atoms with van der Waals surface area (Å²) in [5, 5.41) is 2.88. The summed E-state index contributed by atoms with van der Waals surface area (Å²) < 4.78 is 62.1. The first-order valence-electron chi connectivity index (χ1n) is 6.68. The molecule has 5 nitrogen and oxygen atoms in total. The largest absolute Gasteiger partial charge is 0.417 e. The number of hydrogen-bond acceptors (Lipinski definition) is 3. The molecule has 130 valence electrons. The van der Waals surface area contributed by atoms with Gasteiger partial charge in [-0.15, -0.1) is 0 Å². The van der Waals surface area contributed by atoms with E-state index < -0.39 is 26.5 Å². The zero-order chi connectivity index (χ0) is 18.1. The summed E-state index contributed by atoms with van der Waals surface area (Å²) >= 11 is 0. The number of halogens is 3. The first kappa shape index (κ1) is 19.3. The highest BCUT2D eigenvalue weighted by Gasteiger charge is 2.36. The molecule has 0 heterocycles. The highest BCUT2D eigenvalue weighted by Crippen LogP contribution is 2.34. The Kier molecular flexibility index (Phi) is 5.35. The topological polar surface area (TPSA) is 84.5 Å². The van der Waals surface area contributed by atoms with E-state index >= 15 is 0 Å². The van der Waals surface area contributed by atoms with E-state index in [4.69, 9.17) is 5.73 Å². The minimum absolute atomic E-state index is 0.0952. The van der Waals surface area contributed by atoms with Crippen LogP contribution < -0.4 is 11.1 Å². The third-order valence-corrected chi connectivity index (χ3v) is 3.84. The molecule has 0 aliphatic rings. The molecule has 23 heavy (non-hydrogen) atoms. The fourth-order valence-electron chi connectivity index (χ4n) is 1.82. The van der Waals surface area contributed by atoms with Crippen LogP contribution in [0.25, 0.3) is 0 Å². The van der Waals surface area contributed by atoms with Gasteiger partial charge in [0.15, 0.2) is 15.8 Å². The van der Waals surface area contributed by atoms with Gasteiger partial charge in [0.2, 0.25) is 0 Å². The first-order chi connectivity index (χ1) is 10.2. The Hall–Kier alpha value is -1.77. The Bertz CT molecular complexity index is 705. The van der Waals surface area contributed by atoms with E-state index in [1.807, 2.05) is 20.8 Å². The Labute approximate surface area is 133 Å². The van der Waals surface area contributed by atoms with Crippen LogP contribution in [0.5, 0.6) is 0 Å². The molecule has 0 unspecified atom stereocenters. The number of aliphatic imine (C=N–C) groups is 1. The predicted octanol–water partition coefficient (Wildman–Crippen LogP) is 2.31. The van der Waals surface area contributed by atoms with Crippen molar-refractivity contribution in [1.29, 1.82) is 0 Å². The predicted molar refractivity (Wildman–Crippen MR) is 82.8 cm³/mol. The fraction of sp³-hybridized carbons (Fsp3) is 0.500. The summed E-state index contributed by atoms with van der Waals surface area (Å²) in [5.41, 5.74) is 4.34. The Morgan fingerprint density at radius 2 is 1.83 bits per heavy atom. The summed E-state index contributed by atoms with van der Waals surface area (Å²) in [7, 11) is -3.98. The van der Waals surface area contributed by atoms with E-state index in [-0.39, 0.29) is 23.6 Å². The minimum atomic E-state index is -4.77. The van der Waals surface area contributed by atoms with E-state index in [1.54, 1.807) is 0 Å². The number of guanidine groups is 1. The van der Waals surface area contributed by atoms with Crippen LogP contribution in [0.2, 0.25) is 0 Å². The van der Waals surface area contributed by atoms with Crippen molar-refractivity contribution < 1.29 is 21.6 Å². The van der Waals surface area contributed by atoms with Crippen molar-refractivity contribution in [2.24, 2.45) is 10.7 Å². The molecular weight excluding hydrogens is 331 g/mol. The van der Waals surface area contributed by atoms with Crippen molar-refractivity contribution in [3.05, 3.63) is 29.3 Å². The van der Waals surface area contributed by atoms with Crippen molar-refractivity contribution in [1.82, 2.24) is 5.32 Å². The first-order valence-corrected chi connectivity index (χ1v) is 8.57. The summed E-state index contributed by atoms with van der Waals surface area (Å²) in [6, 6.07) is 3.01. The van der Waals surface area contributed by atoms with E-state index in [0.29, 0.717) is 0 Å². The molecule has 0 amide bonds. The monoisotopic (exact) mass is 351 g/mol. The van der Waals surface area contributed by atoms with Crippen LogP contribution in [0, 0.1) is 0 Å². The van der Waals surface area contributed by atoms with Crippen LogP contribution in [0.15, 0.2) is 28.1 Å². The van der Waals surface area contributed by atoms with E-state index in [1.165, 1.54) is 6.07 Å². The molecule has 1 aromatic rings. The lowest BCUT2D eigenvalue weighted by Gasteiger charge is -2.21. The zero-order valence-corrected chi connectivity index (χ0v) is 14.1.